The van der Waals surface area contributed by atoms with Gasteiger partial charge in [-0.1, -0.05) is 18.2 Å². The fraction of sp³-hybridized carbons (Fsp3) is 0.611. The van der Waals surface area contributed by atoms with E-state index in [-0.39, 0.29) is 28.4 Å². The number of sulfonamides is 1. The van der Waals surface area contributed by atoms with E-state index >= 15 is 0 Å². The summed E-state index contributed by atoms with van der Waals surface area (Å²) < 4.78 is 27.6. The molecule has 1 aromatic rings. The van der Waals surface area contributed by atoms with Crippen LogP contribution in [0.15, 0.2) is 35.2 Å². The maximum absolute atomic E-state index is 12.4. The Kier molecular flexibility index (Phi) is 6.24. The van der Waals surface area contributed by atoms with E-state index in [4.69, 9.17) is 0 Å². The predicted molar refractivity (Wildman–Crippen MR) is 98.7 cm³/mol. The van der Waals surface area contributed by atoms with Gasteiger partial charge in [0.25, 0.3) is 0 Å². The second-order valence-corrected chi connectivity index (χ2v) is 9.37. The van der Waals surface area contributed by atoms with E-state index in [1.165, 1.54) is 0 Å². The molecule has 1 heterocycles. The summed E-state index contributed by atoms with van der Waals surface area (Å²) in [6.07, 6.45) is 1.39. The van der Waals surface area contributed by atoms with Gasteiger partial charge in [-0.2, -0.15) is 0 Å². The van der Waals surface area contributed by atoms with Gasteiger partial charge in [-0.05, 0) is 52.7 Å². The highest BCUT2D eigenvalue weighted by Crippen LogP contribution is 2.17. The average Bonchev–Trinajstić information content (AvgIpc) is 2.54. The summed E-state index contributed by atoms with van der Waals surface area (Å²) in [5, 5.41) is 3.00. The van der Waals surface area contributed by atoms with Gasteiger partial charge < -0.3 is 5.32 Å². The fourth-order valence-electron chi connectivity index (χ4n) is 2.93. The zero-order valence-corrected chi connectivity index (χ0v) is 16.3. The Morgan fingerprint density at radius 1 is 1.16 bits per heavy atom. The van der Waals surface area contributed by atoms with Gasteiger partial charge in [0.05, 0.1) is 10.9 Å². The van der Waals surface area contributed by atoms with Crippen molar-refractivity contribution in [3.05, 3.63) is 30.3 Å². The first kappa shape index (κ1) is 19.9. The van der Waals surface area contributed by atoms with Crippen molar-refractivity contribution in [3.8, 4) is 0 Å². The Morgan fingerprint density at radius 2 is 1.72 bits per heavy atom. The molecule has 140 valence electrons. The molecule has 0 aliphatic carbocycles. The van der Waals surface area contributed by atoms with Crippen molar-refractivity contribution < 1.29 is 13.2 Å². The number of nitrogens with zero attached hydrogens (tertiary/aromatic N) is 1. The van der Waals surface area contributed by atoms with Crippen LogP contribution in [0.4, 0.5) is 0 Å². The number of likely N-dealkylation sites (tertiary alicyclic amines) is 1. The molecule has 6 nitrogen and oxygen atoms in total. The lowest BCUT2D eigenvalue weighted by atomic mass is 10.0. The van der Waals surface area contributed by atoms with Gasteiger partial charge in [-0.15, -0.1) is 0 Å². The summed E-state index contributed by atoms with van der Waals surface area (Å²) in [6.45, 7) is 9.17. The lowest BCUT2D eigenvalue weighted by molar-refractivity contribution is -0.127. The van der Waals surface area contributed by atoms with Crippen molar-refractivity contribution in [2.24, 2.45) is 0 Å². The van der Waals surface area contributed by atoms with Gasteiger partial charge in [0.1, 0.15) is 0 Å². The van der Waals surface area contributed by atoms with Gasteiger partial charge in [0, 0.05) is 24.7 Å². The first-order valence-corrected chi connectivity index (χ1v) is 10.2. The van der Waals surface area contributed by atoms with Gasteiger partial charge >= 0.3 is 0 Å². The van der Waals surface area contributed by atoms with Crippen LogP contribution in [-0.2, 0) is 14.8 Å². The SMILES string of the molecule is CC(C(=O)NC(C)(C)C)N1CCC(NS(=O)(=O)c2ccccc2)CC1. The molecule has 7 heteroatoms. The molecule has 0 bridgehead atoms. The highest BCUT2D eigenvalue weighted by Gasteiger charge is 2.30. The van der Waals surface area contributed by atoms with E-state index in [1.54, 1.807) is 30.3 Å². The van der Waals surface area contributed by atoms with Crippen molar-refractivity contribution >= 4 is 15.9 Å². The van der Waals surface area contributed by atoms with Gasteiger partial charge in [-0.25, -0.2) is 13.1 Å². The number of benzene rings is 1. The minimum Gasteiger partial charge on any atom is -0.350 e. The number of hydrogen-bond donors (Lipinski definition) is 2. The highest BCUT2D eigenvalue weighted by molar-refractivity contribution is 7.89. The van der Waals surface area contributed by atoms with E-state index in [1.807, 2.05) is 27.7 Å². The predicted octanol–water partition coefficient (Wildman–Crippen LogP) is 1.73. The molecule has 0 aromatic heterocycles. The zero-order valence-electron chi connectivity index (χ0n) is 15.5. The molecular formula is C18H29N3O3S. The largest absolute Gasteiger partial charge is 0.350 e. The molecule has 25 heavy (non-hydrogen) atoms. The third-order valence-electron chi connectivity index (χ3n) is 4.33. The Balaban J connectivity index is 1.88. The first-order chi connectivity index (χ1) is 11.6. The van der Waals surface area contributed by atoms with E-state index in [9.17, 15) is 13.2 Å². The molecule has 1 atom stereocenters. The summed E-state index contributed by atoms with van der Waals surface area (Å²) in [6, 6.07) is 8.10. The van der Waals surface area contributed by atoms with E-state index < -0.39 is 10.0 Å². The molecule has 1 fully saturated rings. The number of rotatable bonds is 5. The third kappa shape index (κ3) is 5.80. The number of hydrogen-bond acceptors (Lipinski definition) is 4. The molecule has 2 rings (SSSR count). The molecule has 1 amide bonds. The van der Waals surface area contributed by atoms with Crippen molar-refractivity contribution in [3.63, 3.8) is 0 Å². The lowest BCUT2D eigenvalue weighted by Crippen LogP contribution is -2.54. The third-order valence-corrected chi connectivity index (χ3v) is 5.87. The minimum absolute atomic E-state index is 0.0100. The molecule has 1 aliphatic rings. The van der Waals surface area contributed by atoms with Crippen LogP contribution in [-0.4, -0.2) is 49.9 Å². The number of piperidine rings is 1. The van der Waals surface area contributed by atoms with Crippen LogP contribution in [0.2, 0.25) is 0 Å². The Morgan fingerprint density at radius 3 is 2.24 bits per heavy atom. The summed E-state index contributed by atoms with van der Waals surface area (Å²) in [4.78, 5) is 14.7. The zero-order chi connectivity index (χ0) is 18.7. The van der Waals surface area contributed by atoms with Gasteiger partial charge in [0.15, 0.2) is 0 Å². The van der Waals surface area contributed by atoms with Crippen molar-refractivity contribution in [2.45, 2.75) is 63.1 Å². The summed E-state index contributed by atoms with van der Waals surface area (Å²) in [5.74, 6) is 0.0100. The lowest BCUT2D eigenvalue weighted by Gasteiger charge is -2.36. The topological polar surface area (TPSA) is 78.5 Å². The smallest absolute Gasteiger partial charge is 0.240 e. The Bertz CT molecular complexity index is 675. The molecule has 1 aromatic carbocycles. The van der Waals surface area contributed by atoms with E-state index in [0.29, 0.717) is 25.9 Å². The van der Waals surface area contributed by atoms with E-state index in [2.05, 4.69) is 14.9 Å². The van der Waals surface area contributed by atoms with Crippen LogP contribution in [0.5, 0.6) is 0 Å². The van der Waals surface area contributed by atoms with Crippen molar-refractivity contribution in [1.29, 1.82) is 0 Å². The maximum Gasteiger partial charge on any atom is 0.240 e. The van der Waals surface area contributed by atoms with E-state index in [0.717, 1.165) is 0 Å². The Labute approximate surface area is 151 Å². The monoisotopic (exact) mass is 367 g/mol. The standard InChI is InChI=1S/C18H29N3O3S/c1-14(17(22)19-18(2,3)4)21-12-10-15(11-13-21)20-25(23,24)16-8-6-5-7-9-16/h5-9,14-15,20H,10-13H2,1-4H3,(H,19,22). The number of carbonyl (C=O) groups excluding carboxylic acids is 1. The average molecular weight is 368 g/mol. The minimum atomic E-state index is -3.49. The molecule has 2 N–H and O–H groups in total. The van der Waals surface area contributed by atoms with Crippen LogP contribution in [0, 0.1) is 0 Å². The normalized spacial score (nSPS) is 18.7. The quantitative estimate of drug-likeness (QED) is 0.831. The number of carbonyl (C=O) groups is 1. The van der Waals surface area contributed by atoms with Crippen molar-refractivity contribution in [1.82, 2.24) is 14.9 Å². The second kappa shape index (κ2) is 7.85. The highest BCUT2D eigenvalue weighted by atomic mass is 32.2. The van der Waals surface area contributed by atoms with Crippen LogP contribution in [0.1, 0.15) is 40.5 Å². The van der Waals surface area contributed by atoms with Crippen molar-refractivity contribution in [2.75, 3.05) is 13.1 Å². The molecule has 1 unspecified atom stereocenters. The molecule has 0 spiro atoms. The summed E-state index contributed by atoms with van der Waals surface area (Å²) in [5.41, 5.74) is -0.255. The molecule has 0 saturated carbocycles. The Hall–Kier alpha value is -1.44. The number of nitrogens with one attached hydrogen (secondary N) is 2. The molecule has 1 saturated heterocycles. The van der Waals surface area contributed by atoms with Crippen LogP contribution < -0.4 is 10.0 Å². The molecule has 1 aliphatic heterocycles. The fourth-order valence-corrected chi connectivity index (χ4v) is 4.26. The van der Waals surface area contributed by atoms with Crippen LogP contribution in [0.25, 0.3) is 0 Å². The second-order valence-electron chi connectivity index (χ2n) is 7.66. The molecule has 0 radical (unpaired) electrons. The van der Waals surface area contributed by atoms with Gasteiger partial charge in [0.2, 0.25) is 15.9 Å². The van der Waals surface area contributed by atoms with Gasteiger partial charge in [-0.3, -0.25) is 9.69 Å². The number of amides is 1. The summed E-state index contributed by atoms with van der Waals surface area (Å²) in [7, 11) is -3.49. The summed E-state index contributed by atoms with van der Waals surface area (Å²) >= 11 is 0. The maximum atomic E-state index is 12.4. The van der Waals surface area contributed by atoms with Crippen LogP contribution >= 0.6 is 0 Å². The first-order valence-electron chi connectivity index (χ1n) is 8.72. The molecular weight excluding hydrogens is 338 g/mol. The van der Waals surface area contributed by atoms with Crippen LogP contribution in [0.3, 0.4) is 0 Å².